The molecule has 1 saturated heterocycles. The quantitative estimate of drug-likeness (QED) is 0.0211. The number of aliphatic carboxylic acids is 1. The number of thioether (sulfide) groups is 1. The topological polar surface area (TPSA) is 441 Å². The van der Waals surface area contributed by atoms with Crippen LogP contribution < -0.4 is 16.4 Å². The number of aromatic nitrogens is 4. The van der Waals surface area contributed by atoms with Gasteiger partial charge in [-0.2, -0.15) is 4.31 Å². The molecule has 0 aromatic carbocycles. The van der Waals surface area contributed by atoms with Gasteiger partial charge in [0.05, 0.1) is 31.7 Å². The van der Waals surface area contributed by atoms with Crippen LogP contribution in [0.1, 0.15) is 65.0 Å². The maximum atomic E-state index is 12.7. The number of aliphatic hydroxyl groups is 4. The molecule has 1 aliphatic heterocycles. The van der Waals surface area contributed by atoms with Gasteiger partial charge in [-0.05, 0) is 25.7 Å². The number of hydrogen-bond donors (Lipinski definition) is 12. The number of carboxylic acids is 1. The lowest BCUT2D eigenvalue weighted by Crippen LogP contribution is -2.46. The van der Waals surface area contributed by atoms with Crippen molar-refractivity contribution in [3.8, 4) is 0 Å². The number of amides is 2. The lowest BCUT2D eigenvalue weighted by Gasteiger charge is -2.30. The molecule has 9 atom stereocenters. The van der Waals surface area contributed by atoms with E-state index in [1.165, 1.54) is 19.9 Å². The normalized spacial score (nSPS) is 20.9. The molecule has 0 aliphatic carbocycles. The Kier molecular flexibility index (Phi) is 25.0. The minimum Gasteiger partial charge on any atom is -0.481 e. The number of imidazole rings is 1. The summed E-state index contributed by atoms with van der Waals surface area (Å²) < 4.78 is 62.3. The molecule has 2 amide bonds. The van der Waals surface area contributed by atoms with Crippen LogP contribution in [0.15, 0.2) is 61.3 Å². The summed E-state index contributed by atoms with van der Waals surface area (Å²) in [4.78, 5) is 98.8. The van der Waals surface area contributed by atoms with Crippen LogP contribution >= 0.6 is 35.2 Å². The fourth-order valence-electron chi connectivity index (χ4n) is 6.07. The molecular formula is C39H60N7O21P3S. The van der Waals surface area contributed by atoms with Crippen LogP contribution in [0.25, 0.3) is 11.2 Å². The molecule has 0 saturated carbocycles. The zero-order valence-electron chi connectivity index (χ0n) is 38.3. The summed E-state index contributed by atoms with van der Waals surface area (Å²) in [7, 11) is -16.5. The summed E-state index contributed by atoms with van der Waals surface area (Å²) in [6.07, 6.45) is 6.26. The van der Waals surface area contributed by atoms with E-state index < -0.39 is 103 Å². The maximum Gasteiger partial charge on any atom is 0.481 e. The number of nitrogen functional groups attached to an aromatic ring is 1. The van der Waals surface area contributed by atoms with Crippen LogP contribution in [0.2, 0.25) is 0 Å². The first-order chi connectivity index (χ1) is 33.2. The van der Waals surface area contributed by atoms with Crippen LogP contribution in [0.5, 0.6) is 0 Å². The van der Waals surface area contributed by atoms with Crippen molar-refractivity contribution >= 4 is 75.1 Å². The number of allylic oxidation sites excluding steroid dienone is 5. The van der Waals surface area contributed by atoms with Crippen molar-refractivity contribution < 1.29 is 101 Å². The SMILES string of the molecule is CC(C)(COP(=O)(O)OP(=O)(O)OCC1OC(n2cnc3c(N)ncnc32)C(O)C1OP(=O)(O)O)C(O)C(=O)NCCC(=O)NCCSC(=O)CCC=CCC(O)C=CC=CC=CC(O)CCCC(=O)O. The number of aliphatic hydroxyl groups excluding tert-OH is 4. The van der Waals surface area contributed by atoms with E-state index in [0.29, 0.717) is 25.7 Å². The van der Waals surface area contributed by atoms with Crippen LogP contribution in [-0.2, 0) is 55.5 Å². The fourth-order valence-corrected chi connectivity index (χ4v) is 9.60. The van der Waals surface area contributed by atoms with Gasteiger partial charge in [0.2, 0.25) is 11.8 Å². The van der Waals surface area contributed by atoms with E-state index >= 15 is 0 Å². The molecule has 398 valence electrons. The first-order valence-corrected chi connectivity index (χ1v) is 27.0. The maximum absolute atomic E-state index is 12.7. The minimum atomic E-state index is -5.60. The van der Waals surface area contributed by atoms with E-state index in [9.17, 15) is 72.9 Å². The van der Waals surface area contributed by atoms with E-state index in [1.54, 1.807) is 42.5 Å². The van der Waals surface area contributed by atoms with E-state index in [0.717, 1.165) is 29.0 Å². The Bertz CT molecular complexity index is 2360. The number of phosphoric ester groups is 3. The third-order valence-corrected chi connectivity index (χ3v) is 13.7. The lowest BCUT2D eigenvalue weighted by atomic mass is 9.87. The van der Waals surface area contributed by atoms with Gasteiger partial charge in [-0.25, -0.2) is 28.6 Å². The molecule has 3 rings (SSSR count). The van der Waals surface area contributed by atoms with Gasteiger partial charge < -0.3 is 66.2 Å². The van der Waals surface area contributed by atoms with E-state index in [2.05, 4.69) is 34.4 Å². The number of phosphoric acid groups is 3. The van der Waals surface area contributed by atoms with Crippen molar-refractivity contribution in [3.05, 3.63) is 61.3 Å². The van der Waals surface area contributed by atoms with E-state index in [1.807, 2.05) is 0 Å². The Hall–Kier alpha value is -4.09. The molecule has 2 aromatic heterocycles. The highest BCUT2D eigenvalue weighted by atomic mass is 32.2. The largest absolute Gasteiger partial charge is 0.481 e. The molecule has 3 heterocycles. The molecule has 28 nitrogen and oxygen atoms in total. The fraction of sp³-hybridized carbons (Fsp3) is 0.564. The van der Waals surface area contributed by atoms with E-state index in [4.69, 9.17) is 24.6 Å². The van der Waals surface area contributed by atoms with Gasteiger partial charge in [0, 0.05) is 43.5 Å². The Labute approximate surface area is 410 Å². The van der Waals surface area contributed by atoms with Crippen LogP contribution in [0.4, 0.5) is 5.82 Å². The molecular weight excluding hydrogens is 1030 g/mol. The average molecular weight is 1090 g/mol. The Morgan fingerprint density at radius 2 is 1.59 bits per heavy atom. The molecule has 2 aromatic rings. The van der Waals surface area contributed by atoms with Crippen molar-refractivity contribution in [1.82, 2.24) is 30.2 Å². The molecule has 0 bridgehead atoms. The summed E-state index contributed by atoms with van der Waals surface area (Å²) in [5.41, 5.74) is 4.21. The van der Waals surface area contributed by atoms with Gasteiger partial charge in [0.25, 0.3) is 0 Å². The van der Waals surface area contributed by atoms with Crippen LogP contribution in [0.3, 0.4) is 0 Å². The van der Waals surface area contributed by atoms with Gasteiger partial charge in [0.1, 0.15) is 36.3 Å². The second-order valence-corrected chi connectivity index (χ2v) is 21.5. The predicted molar refractivity (Wildman–Crippen MR) is 251 cm³/mol. The Morgan fingerprint density at radius 3 is 2.27 bits per heavy atom. The lowest BCUT2D eigenvalue weighted by molar-refractivity contribution is -0.138. The Balaban J connectivity index is 1.32. The number of nitrogens with one attached hydrogen (secondary N) is 2. The summed E-state index contributed by atoms with van der Waals surface area (Å²) >= 11 is 1.01. The smallest absolute Gasteiger partial charge is 0.481 e. The summed E-state index contributed by atoms with van der Waals surface area (Å²) in [6, 6.07) is 0. The second kappa shape index (κ2) is 29.0. The highest BCUT2D eigenvalue weighted by Gasteiger charge is 2.50. The van der Waals surface area contributed by atoms with Crippen molar-refractivity contribution in [2.24, 2.45) is 5.41 Å². The van der Waals surface area contributed by atoms with Gasteiger partial charge in [0.15, 0.2) is 22.8 Å². The third kappa shape index (κ3) is 22.7. The number of fused-ring (bicyclic) bond motifs is 1. The molecule has 0 spiro atoms. The average Bonchev–Trinajstić information content (AvgIpc) is 3.84. The molecule has 71 heavy (non-hydrogen) atoms. The summed E-state index contributed by atoms with van der Waals surface area (Å²) in [6.45, 7) is 0.295. The number of anilines is 1. The monoisotopic (exact) mass is 1090 g/mol. The zero-order chi connectivity index (χ0) is 53.0. The van der Waals surface area contributed by atoms with Crippen molar-refractivity contribution in [1.29, 1.82) is 0 Å². The standard InChI is InChI=1S/C39H60N7O21P3S/c1-39(2,22-64-70(61,62)67-69(59,60)63-21-27-33(66-68(56,57)58)32(53)38(65-27)46-24-45-31-35(40)43-23-44-36(31)46)34(54)37(55)42-18-17-28(49)41-19-20-71-30(52)16-9-5-8-13-25(47)11-6-3-4-7-12-26(48)14-10-15-29(50)51/h3-8,11-12,23-27,32-34,38,47-48,53-54H,9-10,13-22H2,1-2H3,(H,41,49)(H,42,55)(H,50,51)(H,59,60)(H,61,62)(H2,40,43,44)(H2,56,57,58). The van der Waals surface area contributed by atoms with Gasteiger partial charge in [-0.15, -0.1) is 0 Å². The Morgan fingerprint density at radius 1 is 0.915 bits per heavy atom. The van der Waals surface area contributed by atoms with Crippen molar-refractivity contribution in [2.75, 3.05) is 37.8 Å². The van der Waals surface area contributed by atoms with Gasteiger partial charge >= 0.3 is 29.4 Å². The molecule has 9 unspecified atom stereocenters. The van der Waals surface area contributed by atoms with Gasteiger partial charge in [-0.1, -0.05) is 74.2 Å². The first kappa shape index (κ1) is 61.2. The van der Waals surface area contributed by atoms with Crippen LogP contribution in [-0.4, -0.2) is 156 Å². The number of rotatable bonds is 32. The highest BCUT2D eigenvalue weighted by Crippen LogP contribution is 2.61. The van der Waals surface area contributed by atoms with E-state index in [-0.39, 0.29) is 60.2 Å². The molecule has 0 radical (unpaired) electrons. The molecule has 1 aliphatic rings. The number of nitrogens with two attached hydrogens (primary N) is 1. The number of carboxylic acid groups (broad SMARTS) is 1. The van der Waals surface area contributed by atoms with Crippen molar-refractivity contribution in [3.63, 3.8) is 0 Å². The third-order valence-electron chi connectivity index (χ3n) is 9.71. The number of carbonyl (C=O) groups is 4. The minimum absolute atomic E-state index is 0.0102. The highest BCUT2D eigenvalue weighted by molar-refractivity contribution is 8.13. The number of carbonyl (C=O) groups excluding carboxylic acids is 3. The van der Waals surface area contributed by atoms with Crippen molar-refractivity contribution in [2.45, 2.75) is 102 Å². The first-order valence-electron chi connectivity index (χ1n) is 21.5. The second-order valence-electron chi connectivity index (χ2n) is 16.1. The predicted octanol–water partition coefficient (Wildman–Crippen LogP) is 1.04. The zero-order valence-corrected chi connectivity index (χ0v) is 41.8. The number of nitrogens with zero attached hydrogens (tertiary/aromatic N) is 4. The molecule has 13 N–H and O–H groups in total. The molecule has 32 heteroatoms. The van der Waals surface area contributed by atoms with Gasteiger partial charge in [-0.3, -0.25) is 37.3 Å². The number of ether oxygens (including phenoxy) is 1. The summed E-state index contributed by atoms with van der Waals surface area (Å²) in [5.74, 6) is -2.19. The summed E-state index contributed by atoms with van der Waals surface area (Å²) in [5, 5.41) is 54.8. The number of hydrogen-bond acceptors (Lipinski definition) is 21. The van der Waals surface area contributed by atoms with Crippen LogP contribution in [0, 0.1) is 5.41 Å². The molecule has 1 fully saturated rings.